The number of hydrogen-bond acceptors (Lipinski definition) is 3. The Morgan fingerprint density at radius 2 is 1.95 bits per heavy atom. The second kappa shape index (κ2) is 5.96. The van der Waals surface area contributed by atoms with E-state index in [0.717, 1.165) is 10.5 Å². The van der Waals surface area contributed by atoms with Crippen molar-refractivity contribution in [1.29, 1.82) is 0 Å². The molecule has 5 heteroatoms. The number of amidine groups is 1. The Balaban J connectivity index is 2.43. The maximum absolute atomic E-state index is 13.8. The monoisotopic (exact) mass is 290 g/mol. The zero-order valence-corrected chi connectivity index (χ0v) is 12.0. The van der Waals surface area contributed by atoms with Crippen LogP contribution < -0.4 is 5.73 Å². The summed E-state index contributed by atoms with van der Waals surface area (Å²) in [5, 5.41) is 11.7. The lowest BCUT2D eigenvalue weighted by atomic mass is 10.1. The lowest BCUT2D eigenvalue weighted by Crippen LogP contribution is -2.16. The molecule has 0 radical (unpaired) electrons. The second-order valence-corrected chi connectivity index (χ2v) is 5.56. The minimum atomic E-state index is -0.505. The molecule has 2 rings (SSSR count). The molecule has 2 aromatic rings. The van der Waals surface area contributed by atoms with Crippen molar-refractivity contribution < 1.29 is 9.60 Å². The SMILES string of the molecule is Cc1ccc(Sc2cccc(F)c2C(N)=NO)cc1C. The van der Waals surface area contributed by atoms with E-state index < -0.39 is 5.82 Å². The van der Waals surface area contributed by atoms with E-state index in [2.05, 4.69) is 5.16 Å². The maximum atomic E-state index is 13.8. The third kappa shape index (κ3) is 2.93. The first-order valence-electron chi connectivity index (χ1n) is 6.04. The third-order valence-electron chi connectivity index (χ3n) is 3.05. The van der Waals surface area contributed by atoms with Crippen molar-refractivity contribution in [2.24, 2.45) is 10.9 Å². The van der Waals surface area contributed by atoms with Gasteiger partial charge in [-0.25, -0.2) is 4.39 Å². The first-order valence-corrected chi connectivity index (χ1v) is 6.86. The molecule has 0 aliphatic rings. The van der Waals surface area contributed by atoms with E-state index in [1.807, 2.05) is 32.0 Å². The summed E-state index contributed by atoms with van der Waals surface area (Å²) in [7, 11) is 0. The van der Waals surface area contributed by atoms with Crippen LogP contribution in [-0.2, 0) is 0 Å². The van der Waals surface area contributed by atoms with E-state index in [0.29, 0.717) is 4.90 Å². The molecule has 0 heterocycles. The van der Waals surface area contributed by atoms with Crippen molar-refractivity contribution in [2.45, 2.75) is 23.6 Å². The molecule has 0 amide bonds. The van der Waals surface area contributed by atoms with Crippen molar-refractivity contribution in [2.75, 3.05) is 0 Å². The van der Waals surface area contributed by atoms with Crippen molar-refractivity contribution in [3.05, 3.63) is 58.9 Å². The van der Waals surface area contributed by atoms with Crippen LogP contribution in [-0.4, -0.2) is 11.0 Å². The molecule has 20 heavy (non-hydrogen) atoms. The smallest absolute Gasteiger partial charge is 0.174 e. The largest absolute Gasteiger partial charge is 0.409 e. The van der Waals surface area contributed by atoms with Gasteiger partial charge in [-0.2, -0.15) is 0 Å². The second-order valence-electron chi connectivity index (χ2n) is 4.45. The number of halogens is 1. The van der Waals surface area contributed by atoms with E-state index in [1.165, 1.54) is 23.4 Å². The zero-order valence-electron chi connectivity index (χ0n) is 11.2. The highest BCUT2D eigenvalue weighted by Gasteiger charge is 2.14. The Hall–Kier alpha value is -2.01. The van der Waals surface area contributed by atoms with Gasteiger partial charge in [0.05, 0.1) is 5.56 Å². The molecule has 0 aliphatic heterocycles. The van der Waals surface area contributed by atoms with Crippen LogP contribution in [0.4, 0.5) is 4.39 Å². The summed E-state index contributed by atoms with van der Waals surface area (Å²) in [4.78, 5) is 1.59. The van der Waals surface area contributed by atoms with Crippen LogP contribution in [0.5, 0.6) is 0 Å². The molecule has 0 atom stereocenters. The van der Waals surface area contributed by atoms with Crippen LogP contribution in [0.15, 0.2) is 51.3 Å². The van der Waals surface area contributed by atoms with Gasteiger partial charge in [0, 0.05) is 9.79 Å². The van der Waals surface area contributed by atoms with Crippen LogP contribution in [0.3, 0.4) is 0 Å². The Bertz CT molecular complexity index is 671. The summed E-state index contributed by atoms with van der Waals surface area (Å²) < 4.78 is 13.8. The zero-order chi connectivity index (χ0) is 14.7. The predicted octanol–water partition coefficient (Wildman–Crippen LogP) is 3.69. The summed E-state index contributed by atoms with van der Waals surface area (Å²) in [6.45, 7) is 4.06. The molecule has 0 saturated heterocycles. The van der Waals surface area contributed by atoms with Gasteiger partial charge in [0.1, 0.15) is 5.82 Å². The van der Waals surface area contributed by atoms with E-state index >= 15 is 0 Å². The van der Waals surface area contributed by atoms with E-state index in [9.17, 15) is 4.39 Å². The molecule has 3 nitrogen and oxygen atoms in total. The van der Waals surface area contributed by atoms with E-state index in [1.54, 1.807) is 12.1 Å². The van der Waals surface area contributed by atoms with Gasteiger partial charge in [-0.1, -0.05) is 29.1 Å². The first kappa shape index (κ1) is 14.4. The summed E-state index contributed by atoms with van der Waals surface area (Å²) >= 11 is 1.38. The molecule has 0 unspecified atom stereocenters. The van der Waals surface area contributed by atoms with Crippen molar-refractivity contribution >= 4 is 17.6 Å². The van der Waals surface area contributed by atoms with Gasteiger partial charge in [0.2, 0.25) is 0 Å². The highest BCUT2D eigenvalue weighted by atomic mass is 32.2. The Morgan fingerprint density at radius 1 is 1.20 bits per heavy atom. The van der Waals surface area contributed by atoms with Gasteiger partial charge in [-0.05, 0) is 49.2 Å². The normalized spacial score (nSPS) is 11.7. The van der Waals surface area contributed by atoms with E-state index in [4.69, 9.17) is 10.9 Å². The van der Waals surface area contributed by atoms with Crippen LogP contribution in [0.1, 0.15) is 16.7 Å². The minimum Gasteiger partial charge on any atom is -0.409 e. The molecule has 0 aromatic heterocycles. The molecule has 0 spiro atoms. The summed E-state index contributed by atoms with van der Waals surface area (Å²) in [5.41, 5.74) is 8.04. The molecular formula is C15H15FN2OS. The number of nitrogens with two attached hydrogens (primary N) is 1. The standard InChI is InChI=1S/C15H15FN2OS/c1-9-6-7-11(8-10(9)2)20-13-5-3-4-12(16)14(13)15(17)18-19/h3-8,19H,1-2H3,(H2,17,18). The average molecular weight is 290 g/mol. The molecule has 3 N–H and O–H groups in total. The lowest BCUT2D eigenvalue weighted by molar-refractivity contribution is 0.318. The number of nitrogens with zero attached hydrogens (tertiary/aromatic N) is 1. The molecule has 0 fully saturated rings. The van der Waals surface area contributed by atoms with E-state index in [-0.39, 0.29) is 11.4 Å². The first-order chi connectivity index (χ1) is 9.52. The van der Waals surface area contributed by atoms with Crippen LogP contribution in [0, 0.1) is 19.7 Å². The molecule has 0 aliphatic carbocycles. The Morgan fingerprint density at radius 3 is 2.60 bits per heavy atom. The van der Waals surface area contributed by atoms with Gasteiger partial charge in [-0.3, -0.25) is 0 Å². The maximum Gasteiger partial charge on any atom is 0.174 e. The number of hydrogen-bond donors (Lipinski definition) is 2. The fourth-order valence-electron chi connectivity index (χ4n) is 1.79. The van der Waals surface area contributed by atoms with Crippen molar-refractivity contribution in [1.82, 2.24) is 0 Å². The van der Waals surface area contributed by atoms with Crippen LogP contribution >= 0.6 is 11.8 Å². The molecule has 0 saturated carbocycles. The van der Waals surface area contributed by atoms with Crippen LogP contribution in [0.2, 0.25) is 0 Å². The van der Waals surface area contributed by atoms with Gasteiger partial charge < -0.3 is 10.9 Å². The number of oxime groups is 1. The summed E-state index contributed by atoms with van der Waals surface area (Å²) in [6, 6.07) is 10.6. The molecular weight excluding hydrogens is 275 g/mol. The van der Waals surface area contributed by atoms with Gasteiger partial charge >= 0.3 is 0 Å². The average Bonchev–Trinajstić information content (AvgIpc) is 2.42. The Kier molecular flexibility index (Phi) is 4.29. The molecule has 104 valence electrons. The number of rotatable bonds is 3. The summed E-state index contributed by atoms with van der Waals surface area (Å²) in [5.74, 6) is -0.733. The minimum absolute atomic E-state index is 0.123. The highest BCUT2D eigenvalue weighted by molar-refractivity contribution is 7.99. The van der Waals surface area contributed by atoms with Gasteiger partial charge in [0.15, 0.2) is 5.84 Å². The fourth-order valence-corrected chi connectivity index (χ4v) is 2.87. The number of aryl methyl sites for hydroxylation is 2. The van der Waals surface area contributed by atoms with Gasteiger partial charge in [-0.15, -0.1) is 0 Å². The third-order valence-corrected chi connectivity index (χ3v) is 4.10. The molecule has 2 aromatic carbocycles. The predicted molar refractivity (Wildman–Crippen MR) is 78.9 cm³/mol. The number of benzene rings is 2. The Labute approximate surface area is 121 Å². The van der Waals surface area contributed by atoms with Crippen molar-refractivity contribution in [3.63, 3.8) is 0 Å². The van der Waals surface area contributed by atoms with Crippen molar-refractivity contribution in [3.8, 4) is 0 Å². The fraction of sp³-hybridized carbons (Fsp3) is 0.133. The van der Waals surface area contributed by atoms with Crippen LogP contribution in [0.25, 0.3) is 0 Å². The lowest BCUT2D eigenvalue weighted by Gasteiger charge is -2.10. The highest BCUT2D eigenvalue weighted by Crippen LogP contribution is 2.32. The summed E-state index contributed by atoms with van der Waals surface area (Å²) in [6.07, 6.45) is 0. The topological polar surface area (TPSA) is 58.6 Å². The molecule has 0 bridgehead atoms. The van der Waals surface area contributed by atoms with Gasteiger partial charge in [0.25, 0.3) is 0 Å². The quantitative estimate of drug-likeness (QED) is 0.392.